The van der Waals surface area contributed by atoms with Crippen molar-refractivity contribution in [2.24, 2.45) is 0 Å². The van der Waals surface area contributed by atoms with E-state index in [9.17, 15) is 14.4 Å². The molecule has 0 aliphatic rings. The van der Waals surface area contributed by atoms with Crippen molar-refractivity contribution in [2.75, 3.05) is 31.3 Å². The fraction of sp³-hybridized carbons (Fsp3) is 0.316. The van der Waals surface area contributed by atoms with E-state index in [0.717, 1.165) is 5.56 Å². The molecule has 2 N–H and O–H groups in total. The van der Waals surface area contributed by atoms with Crippen LogP contribution in [-0.4, -0.2) is 41.9 Å². The van der Waals surface area contributed by atoms with Gasteiger partial charge in [-0.25, -0.2) is 0 Å². The number of aromatic nitrogens is 1. The van der Waals surface area contributed by atoms with Crippen molar-refractivity contribution in [2.45, 2.75) is 20.4 Å². The second-order valence-corrected chi connectivity index (χ2v) is 6.33. The van der Waals surface area contributed by atoms with E-state index < -0.39 is 5.91 Å². The topological polar surface area (TPSA) is 83.4 Å². The lowest BCUT2D eigenvalue weighted by atomic mass is 10.1. The Labute approximate surface area is 152 Å². The van der Waals surface area contributed by atoms with Crippen LogP contribution in [0.5, 0.6) is 0 Å². The molecule has 7 heteroatoms. The molecule has 2 amide bonds. The van der Waals surface area contributed by atoms with E-state index in [1.165, 1.54) is 10.6 Å². The Hall–Kier alpha value is -2.93. The number of likely N-dealkylation sites (N-methyl/N-ethyl adjacent to an activating group) is 1. The minimum absolute atomic E-state index is 0.181. The van der Waals surface area contributed by atoms with E-state index >= 15 is 0 Å². The van der Waals surface area contributed by atoms with Crippen LogP contribution in [0.2, 0.25) is 0 Å². The number of amides is 2. The third-order valence-corrected chi connectivity index (χ3v) is 3.76. The molecule has 0 saturated heterocycles. The van der Waals surface area contributed by atoms with Crippen molar-refractivity contribution >= 4 is 23.2 Å². The second kappa shape index (κ2) is 8.44. The van der Waals surface area contributed by atoms with Crippen LogP contribution >= 0.6 is 0 Å². The summed E-state index contributed by atoms with van der Waals surface area (Å²) in [5.41, 5.74) is 1.97. The minimum atomic E-state index is -0.404. The van der Waals surface area contributed by atoms with Crippen molar-refractivity contribution in [1.29, 1.82) is 0 Å². The van der Waals surface area contributed by atoms with Gasteiger partial charge in [-0.1, -0.05) is 6.07 Å². The first-order valence-electron chi connectivity index (χ1n) is 8.37. The Morgan fingerprint density at radius 1 is 1.08 bits per heavy atom. The molecule has 0 unspecified atom stereocenters. The van der Waals surface area contributed by atoms with E-state index in [-0.39, 0.29) is 23.6 Å². The number of anilines is 2. The molecule has 0 radical (unpaired) electrons. The fourth-order valence-electron chi connectivity index (χ4n) is 2.45. The average Bonchev–Trinajstić information content (AvgIpc) is 2.56. The number of nitrogens with one attached hydrogen (secondary N) is 2. The third-order valence-electron chi connectivity index (χ3n) is 3.76. The van der Waals surface area contributed by atoms with Crippen LogP contribution in [0.3, 0.4) is 0 Å². The van der Waals surface area contributed by atoms with Crippen molar-refractivity contribution in [3.8, 4) is 0 Å². The monoisotopic (exact) mass is 356 g/mol. The molecule has 1 aromatic carbocycles. The minimum Gasteiger partial charge on any atom is -0.323 e. The highest BCUT2D eigenvalue weighted by atomic mass is 16.2. The summed E-state index contributed by atoms with van der Waals surface area (Å²) in [5, 5.41) is 5.57. The summed E-state index contributed by atoms with van der Waals surface area (Å²) in [4.78, 5) is 38.2. The van der Waals surface area contributed by atoms with Gasteiger partial charge in [0.15, 0.2) is 0 Å². The molecule has 1 heterocycles. The number of pyridine rings is 1. The molecule has 0 fully saturated rings. The number of benzene rings is 1. The quantitative estimate of drug-likeness (QED) is 0.828. The maximum absolute atomic E-state index is 12.5. The van der Waals surface area contributed by atoms with Crippen molar-refractivity contribution in [3.63, 3.8) is 0 Å². The molecular formula is C19H24N4O3. The van der Waals surface area contributed by atoms with E-state index in [1.54, 1.807) is 43.4 Å². The SMILES string of the molecule is CCn1ccc(C(=O)Nc2cc(C)ccc2NC(=O)CN(C)C)cc1=O. The highest BCUT2D eigenvalue weighted by Crippen LogP contribution is 2.23. The highest BCUT2D eigenvalue weighted by Gasteiger charge is 2.13. The number of carbonyl (C=O) groups excluding carboxylic acids is 2. The van der Waals surface area contributed by atoms with Crippen LogP contribution < -0.4 is 16.2 Å². The molecular weight excluding hydrogens is 332 g/mol. The number of hydrogen-bond acceptors (Lipinski definition) is 4. The fourth-order valence-corrected chi connectivity index (χ4v) is 2.45. The van der Waals surface area contributed by atoms with Crippen LogP contribution in [0, 0.1) is 6.92 Å². The average molecular weight is 356 g/mol. The molecule has 26 heavy (non-hydrogen) atoms. The Kier molecular flexibility index (Phi) is 6.30. The largest absolute Gasteiger partial charge is 0.323 e. The van der Waals surface area contributed by atoms with Crippen molar-refractivity contribution in [3.05, 3.63) is 58.0 Å². The zero-order chi connectivity index (χ0) is 19.3. The Morgan fingerprint density at radius 3 is 2.42 bits per heavy atom. The number of nitrogens with zero attached hydrogens (tertiary/aromatic N) is 2. The van der Waals surface area contributed by atoms with Crippen LogP contribution in [0.1, 0.15) is 22.8 Å². The van der Waals surface area contributed by atoms with Gasteiger partial charge in [0.25, 0.3) is 11.5 Å². The molecule has 0 aliphatic heterocycles. The molecule has 1 aromatic heterocycles. The molecule has 0 spiro atoms. The van der Waals surface area contributed by atoms with Gasteiger partial charge in [0.05, 0.1) is 17.9 Å². The van der Waals surface area contributed by atoms with Gasteiger partial charge >= 0.3 is 0 Å². The number of carbonyl (C=O) groups is 2. The Balaban J connectivity index is 2.23. The van der Waals surface area contributed by atoms with Gasteiger partial charge in [-0.05, 0) is 51.7 Å². The molecule has 2 rings (SSSR count). The first kappa shape index (κ1) is 19.4. The lowest BCUT2D eigenvalue weighted by Gasteiger charge is -2.15. The van der Waals surface area contributed by atoms with Crippen LogP contribution in [0.15, 0.2) is 41.3 Å². The van der Waals surface area contributed by atoms with Gasteiger partial charge < -0.3 is 20.1 Å². The first-order chi connectivity index (χ1) is 12.3. The van der Waals surface area contributed by atoms with Crippen molar-refractivity contribution in [1.82, 2.24) is 9.47 Å². The maximum atomic E-state index is 12.5. The highest BCUT2D eigenvalue weighted by molar-refractivity contribution is 6.07. The molecule has 7 nitrogen and oxygen atoms in total. The van der Waals surface area contributed by atoms with Gasteiger partial charge in [-0.15, -0.1) is 0 Å². The van der Waals surface area contributed by atoms with E-state index in [4.69, 9.17) is 0 Å². The van der Waals surface area contributed by atoms with Crippen LogP contribution in [0.4, 0.5) is 11.4 Å². The summed E-state index contributed by atoms with van der Waals surface area (Å²) >= 11 is 0. The maximum Gasteiger partial charge on any atom is 0.255 e. The molecule has 2 aromatic rings. The lowest BCUT2D eigenvalue weighted by Crippen LogP contribution is -2.27. The number of hydrogen-bond donors (Lipinski definition) is 2. The summed E-state index contributed by atoms with van der Waals surface area (Å²) in [6, 6.07) is 8.27. The van der Waals surface area contributed by atoms with Gasteiger partial charge in [-0.2, -0.15) is 0 Å². The predicted octanol–water partition coefficient (Wildman–Crippen LogP) is 1.93. The predicted molar refractivity (Wildman–Crippen MR) is 103 cm³/mol. The third kappa shape index (κ3) is 5.03. The summed E-state index contributed by atoms with van der Waals surface area (Å²) in [6.07, 6.45) is 1.59. The second-order valence-electron chi connectivity index (χ2n) is 6.33. The molecule has 0 saturated carbocycles. The number of rotatable bonds is 6. The smallest absolute Gasteiger partial charge is 0.255 e. The van der Waals surface area contributed by atoms with Gasteiger partial charge in [0.2, 0.25) is 5.91 Å². The molecule has 0 bridgehead atoms. The molecule has 0 atom stereocenters. The van der Waals surface area contributed by atoms with E-state index in [1.807, 2.05) is 19.9 Å². The van der Waals surface area contributed by atoms with E-state index in [0.29, 0.717) is 17.9 Å². The van der Waals surface area contributed by atoms with Crippen molar-refractivity contribution < 1.29 is 9.59 Å². The summed E-state index contributed by atoms with van der Waals surface area (Å²) < 4.78 is 1.51. The normalized spacial score (nSPS) is 10.7. The van der Waals surface area contributed by atoms with Gasteiger partial charge in [-0.3, -0.25) is 14.4 Å². The standard InChI is InChI=1S/C19H24N4O3/c1-5-23-9-8-14(11-18(23)25)19(26)21-16-10-13(2)6-7-15(16)20-17(24)12-22(3)4/h6-11H,5,12H2,1-4H3,(H,20,24)(H,21,26). The Bertz CT molecular complexity index is 871. The van der Waals surface area contributed by atoms with E-state index in [2.05, 4.69) is 10.6 Å². The van der Waals surface area contributed by atoms with Crippen LogP contribution in [-0.2, 0) is 11.3 Å². The molecule has 0 aliphatic carbocycles. The first-order valence-corrected chi connectivity index (χ1v) is 8.37. The summed E-state index contributed by atoms with van der Waals surface area (Å²) in [6.45, 7) is 4.53. The molecule has 138 valence electrons. The Morgan fingerprint density at radius 2 is 1.81 bits per heavy atom. The summed E-state index contributed by atoms with van der Waals surface area (Å²) in [5.74, 6) is -0.584. The zero-order valence-electron chi connectivity index (χ0n) is 15.5. The summed E-state index contributed by atoms with van der Waals surface area (Å²) in [7, 11) is 3.60. The number of aryl methyl sites for hydroxylation is 2. The van der Waals surface area contributed by atoms with Gasteiger partial charge in [0.1, 0.15) is 0 Å². The van der Waals surface area contributed by atoms with Gasteiger partial charge in [0, 0.05) is 24.4 Å². The lowest BCUT2D eigenvalue weighted by molar-refractivity contribution is -0.116. The zero-order valence-corrected chi connectivity index (χ0v) is 15.5. The van der Waals surface area contributed by atoms with Crippen LogP contribution in [0.25, 0.3) is 0 Å².